The van der Waals surface area contributed by atoms with E-state index in [-0.39, 0.29) is 0 Å². The third kappa shape index (κ3) is 3.81. The smallest absolute Gasteiger partial charge is 0.196 e. The Morgan fingerprint density at radius 1 is 1.33 bits per heavy atom. The Morgan fingerprint density at radius 3 is 3.00 bits per heavy atom. The van der Waals surface area contributed by atoms with Crippen LogP contribution in [0, 0.1) is 3.57 Å². The molecule has 0 fully saturated rings. The van der Waals surface area contributed by atoms with E-state index >= 15 is 0 Å². The van der Waals surface area contributed by atoms with Crippen LogP contribution in [0.4, 0.5) is 0 Å². The quantitative estimate of drug-likeness (QED) is 0.636. The Labute approximate surface area is 121 Å². The minimum atomic E-state index is 0.799. The highest BCUT2D eigenvalue weighted by Gasteiger charge is 2.06. The largest absolute Gasteiger partial charge is 0.441 e. The number of hydrogen-bond acceptors (Lipinski definition) is 3. The molecule has 1 aromatic heterocycles. The second-order valence-corrected chi connectivity index (χ2v) is 5.37. The predicted octanol–water partition coefficient (Wildman–Crippen LogP) is 3.49. The molecule has 0 saturated carbocycles. The van der Waals surface area contributed by atoms with Crippen LogP contribution in [-0.4, -0.2) is 18.1 Å². The highest BCUT2D eigenvalue weighted by molar-refractivity contribution is 14.1. The third-order valence-corrected chi connectivity index (χ3v) is 3.28. The zero-order valence-corrected chi connectivity index (χ0v) is 12.6. The summed E-state index contributed by atoms with van der Waals surface area (Å²) in [6.07, 6.45) is 3.80. The first-order chi connectivity index (χ1) is 8.79. The fourth-order valence-electron chi connectivity index (χ4n) is 1.70. The summed E-state index contributed by atoms with van der Waals surface area (Å²) < 4.78 is 6.95. The van der Waals surface area contributed by atoms with Gasteiger partial charge < -0.3 is 9.73 Å². The van der Waals surface area contributed by atoms with Gasteiger partial charge in [0.15, 0.2) is 11.7 Å². The highest BCUT2D eigenvalue weighted by atomic mass is 127. The summed E-state index contributed by atoms with van der Waals surface area (Å²) in [6, 6.07) is 8.24. The van der Waals surface area contributed by atoms with Gasteiger partial charge in [-0.15, -0.1) is 0 Å². The monoisotopic (exact) mass is 356 g/mol. The standard InChI is InChI=1S/C14H17IN2O/c1-2-7-16-8-6-14-17-10-13(18-14)11-4-3-5-12(15)9-11/h3-5,9-10,16H,2,6-8H2,1H3. The molecule has 0 radical (unpaired) electrons. The van der Waals surface area contributed by atoms with Crippen LogP contribution in [0.5, 0.6) is 0 Å². The second-order valence-electron chi connectivity index (χ2n) is 4.13. The fraction of sp³-hybridized carbons (Fsp3) is 0.357. The van der Waals surface area contributed by atoms with Crippen molar-refractivity contribution in [2.75, 3.05) is 13.1 Å². The molecule has 3 nitrogen and oxygen atoms in total. The Hall–Kier alpha value is -0.880. The fourth-order valence-corrected chi connectivity index (χ4v) is 2.24. The lowest BCUT2D eigenvalue weighted by atomic mass is 10.2. The molecule has 1 aromatic carbocycles. The summed E-state index contributed by atoms with van der Waals surface area (Å²) in [5, 5.41) is 3.34. The lowest BCUT2D eigenvalue weighted by molar-refractivity contribution is 0.495. The zero-order valence-electron chi connectivity index (χ0n) is 10.4. The average Bonchev–Trinajstić information content (AvgIpc) is 2.83. The summed E-state index contributed by atoms with van der Waals surface area (Å²) in [7, 11) is 0. The Bertz CT molecular complexity index is 496. The van der Waals surface area contributed by atoms with Gasteiger partial charge in [-0.05, 0) is 47.7 Å². The van der Waals surface area contributed by atoms with E-state index in [2.05, 4.69) is 51.9 Å². The molecule has 0 aliphatic heterocycles. The molecule has 0 spiro atoms. The molecule has 96 valence electrons. The van der Waals surface area contributed by atoms with Crippen LogP contribution in [0.3, 0.4) is 0 Å². The highest BCUT2D eigenvalue weighted by Crippen LogP contribution is 2.22. The van der Waals surface area contributed by atoms with E-state index in [1.54, 1.807) is 6.20 Å². The van der Waals surface area contributed by atoms with Gasteiger partial charge in [0.1, 0.15) is 0 Å². The van der Waals surface area contributed by atoms with Gasteiger partial charge >= 0.3 is 0 Å². The average molecular weight is 356 g/mol. The van der Waals surface area contributed by atoms with Crippen LogP contribution in [0.2, 0.25) is 0 Å². The molecular formula is C14H17IN2O. The number of oxazole rings is 1. The molecule has 0 saturated heterocycles. The van der Waals surface area contributed by atoms with E-state index in [4.69, 9.17) is 4.42 Å². The summed E-state index contributed by atoms with van der Waals surface area (Å²) in [6.45, 7) is 4.12. The number of hydrogen-bond donors (Lipinski definition) is 1. The van der Waals surface area contributed by atoms with Crippen molar-refractivity contribution < 1.29 is 4.42 Å². The molecule has 0 atom stereocenters. The van der Waals surface area contributed by atoms with Gasteiger partial charge in [0.2, 0.25) is 0 Å². The molecule has 0 bridgehead atoms. The van der Waals surface area contributed by atoms with E-state index in [1.165, 1.54) is 3.57 Å². The lowest BCUT2D eigenvalue weighted by Crippen LogP contribution is -2.17. The maximum Gasteiger partial charge on any atom is 0.196 e. The van der Waals surface area contributed by atoms with Crippen molar-refractivity contribution in [3.8, 4) is 11.3 Å². The number of nitrogens with zero attached hydrogens (tertiary/aromatic N) is 1. The number of rotatable bonds is 6. The van der Waals surface area contributed by atoms with Gasteiger partial charge in [-0.3, -0.25) is 0 Å². The lowest BCUT2D eigenvalue weighted by Gasteiger charge is -1.99. The normalized spacial score (nSPS) is 10.8. The van der Waals surface area contributed by atoms with Crippen molar-refractivity contribution in [1.29, 1.82) is 0 Å². The SMILES string of the molecule is CCCNCCc1ncc(-c2cccc(I)c2)o1. The first kappa shape index (κ1) is 13.5. The number of benzene rings is 1. The van der Waals surface area contributed by atoms with Crippen molar-refractivity contribution in [2.45, 2.75) is 19.8 Å². The first-order valence-corrected chi connectivity index (χ1v) is 7.29. The first-order valence-electron chi connectivity index (χ1n) is 6.21. The number of nitrogens with one attached hydrogen (secondary N) is 1. The van der Waals surface area contributed by atoms with Crippen LogP contribution in [-0.2, 0) is 6.42 Å². The second kappa shape index (κ2) is 6.89. The summed E-state index contributed by atoms with van der Waals surface area (Å²) in [4.78, 5) is 4.31. The minimum absolute atomic E-state index is 0.799. The molecule has 1 heterocycles. The van der Waals surface area contributed by atoms with Gasteiger partial charge in [0, 0.05) is 22.1 Å². The zero-order chi connectivity index (χ0) is 12.8. The van der Waals surface area contributed by atoms with E-state index in [1.807, 2.05) is 12.1 Å². The van der Waals surface area contributed by atoms with Crippen molar-refractivity contribution in [2.24, 2.45) is 0 Å². The molecule has 0 unspecified atom stereocenters. The van der Waals surface area contributed by atoms with Crippen molar-refractivity contribution in [1.82, 2.24) is 10.3 Å². The van der Waals surface area contributed by atoms with E-state index in [9.17, 15) is 0 Å². The predicted molar refractivity (Wildman–Crippen MR) is 81.5 cm³/mol. The maximum absolute atomic E-state index is 5.75. The van der Waals surface area contributed by atoms with Gasteiger partial charge in [-0.1, -0.05) is 19.1 Å². The molecule has 0 aliphatic carbocycles. The molecule has 2 rings (SSSR count). The topological polar surface area (TPSA) is 38.1 Å². The molecule has 4 heteroatoms. The van der Waals surface area contributed by atoms with Gasteiger partial charge in [-0.25, -0.2) is 4.98 Å². The van der Waals surface area contributed by atoms with E-state index in [0.29, 0.717) is 0 Å². The summed E-state index contributed by atoms with van der Waals surface area (Å²) >= 11 is 2.30. The molecule has 18 heavy (non-hydrogen) atoms. The van der Waals surface area contributed by atoms with Crippen LogP contribution in [0.1, 0.15) is 19.2 Å². The Balaban J connectivity index is 1.97. The van der Waals surface area contributed by atoms with Crippen molar-refractivity contribution in [3.63, 3.8) is 0 Å². The summed E-state index contributed by atoms with van der Waals surface area (Å²) in [5.74, 6) is 1.64. The van der Waals surface area contributed by atoms with Crippen molar-refractivity contribution in [3.05, 3.63) is 39.9 Å². The van der Waals surface area contributed by atoms with Crippen LogP contribution in [0.25, 0.3) is 11.3 Å². The minimum Gasteiger partial charge on any atom is -0.441 e. The summed E-state index contributed by atoms with van der Waals surface area (Å²) in [5.41, 5.74) is 1.09. The molecular weight excluding hydrogens is 339 g/mol. The Morgan fingerprint density at radius 2 is 2.22 bits per heavy atom. The van der Waals surface area contributed by atoms with Crippen LogP contribution >= 0.6 is 22.6 Å². The molecule has 0 amide bonds. The number of aromatic nitrogens is 1. The molecule has 0 aliphatic rings. The molecule has 1 N–H and O–H groups in total. The van der Waals surface area contributed by atoms with E-state index in [0.717, 1.165) is 43.1 Å². The van der Waals surface area contributed by atoms with Gasteiger partial charge in [-0.2, -0.15) is 0 Å². The number of halogens is 1. The van der Waals surface area contributed by atoms with Crippen molar-refractivity contribution >= 4 is 22.6 Å². The van der Waals surface area contributed by atoms with E-state index < -0.39 is 0 Å². The molecule has 2 aromatic rings. The van der Waals surface area contributed by atoms with Gasteiger partial charge in [0.25, 0.3) is 0 Å². The van der Waals surface area contributed by atoms with Gasteiger partial charge in [0.05, 0.1) is 6.20 Å². The Kier molecular flexibility index (Phi) is 5.19. The maximum atomic E-state index is 5.75. The third-order valence-electron chi connectivity index (χ3n) is 2.61. The van der Waals surface area contributed by atoms with Crippen LogP contribution < -0.4 is 5.32 Å². The van der Waals surface area contributed by atoms with Crippen LogP contribution in [0.15, 0.2) is 34.9 Å².